The zero-order valence-electron chi connectivity index (χ0n) is 10.5. The molecule has 0 saturated heterocycles. The number of amides is 1. The van der Waals surface area contributed by atoms with Crippen LogP contribution in [0.1, 0.15) is 5.56 Å². The molecular weight excluding hydrogens is 278 g/mol. The zero-order valence-corrected chi connectivity index (χ0v) is 12.1. The van der Waals surface area contributed by atoms with Gasteiger partial charge < -0.3 is 5.32 Å². The van der Waals surface area contributed by atoms with Gasteiger partial charge in [-0.15, -0.1) is 11.8 Å². The molecule has 0 heterocycles. The molecule has 98 valence electrons. The van der Waals surface area contributed by atoms with E-state index in [1.165, 1.54) is 11.8 Å². The average Bonchev–Trinajstić information content (AvgIpc) is 2.38. The van der Waals surface area contributed by atoms with Crippen molar-refractivity contribution in [1.29, 1.82) is 0 Å². The molecule has 0 aliphatic carbocycles. The van der Waals surface area contributed by atoms with E-state index in [0.29, 0.717) is 10.8 Å². The highest BCUT2D eigenvalue weighted by Gasteiger charge is 2.03. The minimum atomic E-state index is -0.00875. The third kappa shape index (κ3) is 4.62. The summed E-state index contributed by atoms with van der Waals surface area (Å²) in [6.07, 6.45) is 0. The Bertz CT molecular complexity index is 569. The maximum atomic E-state index is 11.8. The summed E-state index contributed by atoms with van der Waals surface area (Å²) in [4.78, 5) is 12.8. The number of benzene rings is 2. The van der Waals surface area contributed by atoms with E-state index in [1.54, 1.807) is 0 Å². The zero-order chi connectivity index (χ0) is 13.7. The maximum absolute atomic E-state index is 11.8. The van der Waals surface area contributed by atoms with E-state index in [4.69, 9.17) is 11.6 Å². The number of rotatable bonds is 4. The van der Waals surface area contributed by atoms with E-state index >= 15 is 0 Å². The predicted molar refractivity (Wildman–Crippen MR) is 82.0 cm³/mol. The SMILES string of the molecule is Cc1cccc(NC(=O)CSc2ccc(Cl)cc2)c1. The highest BCUT2D eigenvalue weighted by atomic mass is 35.5. The van der Waals surface area contributed by atoms with Crippen molar-refractivity contribution < 1.29 is 4.79 Å². The van der Waals surface area contributed by atoms with Crippen LogP contribution < -0.4 is 5.32 Å². The third-order valence-corrected chi connectivity index (χ3v) is 3.75. The summed E-state index contributed by atoms with van der Waals surface area (Å²) in [7, 11) is 0. The quantitative estimate of drug-likeness (QED) is 0.847. The molecule has 2 aromatic rings. The molecule has 0 fully saturated rings. The molecule has 0 aromatic heterocycles. The summed E-state index contributed by atoms with van der Waals surface area (Å²) in [5.41, 5.74) is 1.96. The Hall–Kier alpha value is -1.45. The number of carbonyl (C=O) groups is 1. The minimum absolute atomic E-state index is 0.00875. The van der Waals surface area contributed by atoms with Crippen LogP contribution in [0.3, 0.4) is 0 Å². The summed E-state index contributed by atoms with van der Waals surface area (Å²) >= 11 is 7.30. The lowest BCUT2D eigenvalue weighted by Crippen LogP contribution is -2.13. The van der Waals surface area contributed by atoms with Gasteiger partial charge in [-0.2, -0.15) is 0 Å². The molecule has 0 saturated carbocycles. The van der Waals surface area contributed by atoms with E-state index in [9.17, 15) is 4.79 Å². The third-order valence-electron chi connectivity index (χ3n) is 2.49. The normalized spacial score (nSPS) is 10.2. The van der Waals surface area contributed by atoms with Crippen molar-refractivity contribution in [2.75, 3.05) is 11.1 Å². The highest BCUT2D eigenvalue weighted by Crippen LogP contribution is 2.20. The van der Waals surface area contributed by atoms with E-state index in [0.717, 1.165) is 16.1 Å². The van der Waals surface area contributed by atoms with Gasteiger partial charge in [0.25, 0.3) is 0 Å². The lowest BCUT2D eigenvalue weighted by Gasteiger charge is -2.06. The second-order valence-electron chi connectivity index (χ2n) is 4.16. The molecule has 0 radical (unpaired) electrons. The number of nitrogens with one attached hydrogen (secondary N) is 1. The van der Waals surface area contributed by atoms with Crippen molar-refractivity contribution >= 4 is 35.0 Å². The predicted octanol–water partition coefficient (Wildman–Crippen LogP) is 4.38. The van der Waals surface area contributed by atoms with Crippen LogP contribution in [0.25, 0.3) is 0 Å². The van der Waals surface area contributed by atoms with Crippen molar-refractivity contribution in [3.63, 3.8) is 0 Å². The summed E-state index contributed by atoms with van der Waals surface area (Å²) in [5, 5.41) is 3.58. The number of thioether (sulfide) groups is 1. The summed E-state index contributed by atoms with van der Waals surface area (Å²) in [5.74, 6) is 0.376. The first-order valence-electron chi connectivity index (χ1n) is 5.88. The topological polar surface area (TPSA) is 29.1 Å². The molecule has 2 nitrogen and oxygen atoms in total. The van der Waals surface area contributed by atoms with Crippen LogP contribution in [0, 0.1) is 6.92 Å². The maximum Gasteiger partial charge on any atom is 0.234 e. The van der Waals surface area contributed by atoms with E-state index in [1.807, 2.05) is 55.5 Å². The van der Waals surface area contributed by atoms with Crippen LogP contribution in [-0.2, 0) is 4.79 Å². The largest absolute Gasteiger partial charge is 0.325 e. The summed E-state index contributed by atoms with van der Waals surface area (Å²) in [6, 6.07) is 15.2. The Labute approximate surface area is 122 Å². The lowest BCUT2D eigenvalue weighted by molar-refractivity contribution is -0.113. The van der Waals surface area contributed by atoms with Crippen molar-refractivity contribution in [3.8, 4) is 0 Å². The highest BCUT2D eigenvalue weighted by molar-refractivity contribution is 8.00. The van der Waals surface area contributed by atoms with Crippen LogP contribution in [0.4, 0.5) is 5.69 Å². The van der Waals surface area contributed by atoms with Crippen LogP contribution >= 0.6 is 23.4 Å². The molecule has 2 aromatic carbocycles. The van der Waals surface area contributed by atoms with Gasteiger partial charge in [0.15, 0.2) is 0 Å². The van der Waals surface area contributed by atoms with Crippen molar-refractivity contribution in [2.24, 2.45) is 0 Å². The number of anilines is 1. The van der Waals surface area contributed by atoms with E-state index < -0.39 is 0 Å². The smallest absolute Gasteiger partial charge is 0.234 e. The van der Waals surface area contributed by atoms with Gasteiger partial charge in [0.05, 0.1) is 5.75 Å². The molecule has 2 rings (SSSR count). The fourth-order valence-electron chi connectivity index (χ4n) is 1.60. The number of carbonyl (C=O) groups excluding carboxylic acids is 1. The first kappa shape index (κ1) is 14.0. The molecular formula is C15H14ClNOS. The van der Waals surface area contributed by atoms with Crippen molar-refractivity contribution in [3.05, 3.63) is 59.1 Å². The van der Waals surface area contributed by atoms with Crippen LogP contribution in [0.5, 0.6) is 0 Å². The van der Waals surface area contributed by atoms with E-state index in [-0.39, 0.29) is 5.91 Å². The van der Waals surface area contributed by atoms with Crippen LogP contribution in [-0.4, -0.2) is 11.7 Å². The molecule has 1 N–H and O–H groups in total. The fourth-order valence-corrected chi connectivity index (χ4v) is 2.42. The fraction of sp³-hybridized carbons (Fsp3) is 0.133. The summed E-state index contributed by atoms with van der Waals surface area (Å²) in [6.45, 7) is 2.00. The Morgan fingerprint density at radius 2 is 1.95 bits per heavy atom. The molecule has 0 aliphatic rings. The number of hydrogen-bond acceptors (Lipinski definition) is 2. The second kappa shape index (κ2) is 6.64. The second-order valence-corrected chi connectivity index (χ2v) is 5.65. The first-order chi connectivity index (χ1) is 9.13. The van der Waals surface area contributed by atoms with Gasteiger partial charge in [0, 0.05) is 15.6 Å². The van der Waals surface area contributed by atoms with Gasteiger partial charge in [-0.3, -0.25) is 4.79 Å². The standard InChI is InChI=1S/C15H14ClNOS/c1-11-3-2-4-13(9-11)17-15(18)10-19-14-7-5-12(16)6-8-14/h2-9H,10H2,1H3,(H,17,18). The Morgan fingerprint density at radius 3 is 2.63 bits per heavy atom. The van der Waals surface area contributed by atoms with Crippen molar-refractivity contribution in [1.82, 2.24) is 0 Å². The number of aryl methyl sites for hydroxylation is 1. The van der Waals surface area contributed by atoms with Gasteiger partial charge in [-0.05, 0) is 48.9 Å². The van der Waals surface area contributed by atoms with Crippen LogP contribution in [0.2, 0.25) is 5.02 Å². The molecule has 0 spiro atoms. The molecule has 0 bridgehead atoms. The van der Waals surface area contributed by atoms with E-state index in [2.05, 4.69) is 5.32 Å². The van der Waals surface area contributed by atoms with Gasteiger partial charge in [-0.1, -0.05) is 23.7 Å². The molecule has 1 amide bonds. The Kier molecular flexibility index (Phi) is 4.88. The Morgan fingerprint density at radius 1 is 1.21 bits per heavy atom. The van der Waals surface area contributed by atoms with Crippen molar-refractivity contribution in [2.45, 2.75) is 11.8 Å². The van der Waals surface area contributed by atoms with Gasteiger partial charge >= 0.3 is 0 Å². The molecule has 0 unspecified atom stereocenters. The average molecular weight is 292 g/mol. The molecule has 0 aliphatic heterocycles. The minimum Gasteiger partial charge on any atom is -0.325 e. The lowest BCUT2D eigenvalue weighted by atomic mass is 10.2. The van der Waals surface area contributed by atoms with Gasteiger partial charge in [-0.25, -0.2) is 0 Å². The number of halogens is 1. The first-order valence-corrected chi connectivity index (χ1v) is 7.25. The Balaban J connectivity index is 1.86. The van der Waals surface area contributed by atoms with Gasteiger partial charge in [0.2, 0.25) is 5.91 Å². The summed E-state index contributed by atoms with van der Waals surface area (Å²) < 4.78 is 0. The molecule has 4 heteroatoms. The molecule has 19 heavy (non-hydrogen) atoms. The monoisotopic (exact) mass is 291 g/mol. The molecule has 0 atom stereocenters. The van der Waals surface area contributed by atoms with Crippen LogP contribution in [0.15, 0.2) is 53.4 Å². The number of hydrogen-bond donors (Lipinski definition) is 1. The van der Waals surface area contributed by atoms with Gasteiger partial charge in [0.1, 0.15) is 0 Å².